The first-order valence-corrected chi connectivity index (χ1v) is 9.45. The van der Waals surface area contributed by atoms with Crippen LogP contribution in [0, 0.1) is 36.4 Å². The number of halogens is 1. The molecule has 0 saturated carbocycles. The van der Waals surface area contributed by atoms with Crippen LogP contribution in [-0.2, 0) is 9.53 Å². The molecule has 1 aromatic rings. The molecule has 0 aliphatic carbocycles. The van der Waals surface area contributed by atoms with E-state index in [9.17, 15) is 14.0 Å². The molecule has 0 aromatic heterocycles. The van der Waals surface area contributed by atoms with Crippen molar-refractivity contribution in [2.45, 2.75) is 25.9 Å². The van der Waals surface area contributed by atoms with Crippen molar-refractivity contribution < 1.29 is 18.7 Å². The summed E-state index contributed by atoms with van der Waals surface area (Å²) >= 11 is 0. The number of hydrogen-bond acceptors (Lipinski definition) is 3. The number of hydrogen-bond donors (Lipinski definition) is 0. The van der Waals surface area contributed by atoms with Gasteiger partial charge < -0.3 is 14.5 Å². The fourth-order valence-corrected chi connectivity index (χ4v) is 4.00. The summed E-state index contributed by atoms with van der Waals surface area (Å²) in [6.07, 6.45) is 1.41. The lowest BCUT2D eigenvalue weighted by Gasteiger charge is -2.45. The minimum Gasteiger partial charge on any atom is -0.370 e. The van der Waals surface area contributed by atoms with Crippen molar-refractivity contribution in [1.29, 1.82) is 0 Å². The van der Waals surface area contributed by atoms with E-state index < -0.39 is 0 Å². The van der Waals surface area contributed by atoms with Crippen LogP contribution in [0.3, 0.4) is 0 Å². The molecule has 0 N–H and O–H groups in total. The van der Waals surface area contributed by atoms with Crippen LogP contribution in [0.5, 0.6) is 0 Å². The van der Waals surface area contributed by atoms with Crippen LogP contribution < -0.4 is 0 Å². The summed E-state index contributed by atoms with van der Waals surface area (Å²) in [7, 11) is 0. The Morgan fingerprint density at radius 2 is 2.07 bits per heavy atom. The average Bonchev–Trinajstić information content (AvgIpc) is 2.62. The maximum Gasteiger partial charge on any atom is 0.320 e. The van der Waals surface area contributed by atoms with E-state index in [0.717, 1.165) is 6.42 Å². The molecule has 0 unspecified atom stereocenters. The maximum atomic E-state index is 13.6. The molecule has 3 aliphatic rings. The predicted octanol–water partition coefficient (Wildman–Crippen LogP) is 2.22. The molecular formula is C21H23FN2O3. The Morgan fingerprint density at radius 3 is 2.89 bits per heavy atom. The van der Waals surface area contributed by atoms with E-state index in [1.165, 1.54) is 6.07 Å². The second-order valence-electron chi connectivity index (χ2n) is 7.65. The van der Waals surface area contributed by atoms with Gasteiger partial charge in [0.25, 0.3) is 0 Å². The molecule has 3 fully saturated rings. The van der Waals surface area contributed by atoms with Gasteiger partial charge in [0.2, 0.25) is 0 Å². The van der Waals surface area contributed by atoms with Crippen LogP contribution in [0.2, 0.25) is 0 Å². The van der Waals surface area contributed by atoms with Crippen molar-refractivity contribution >= 4 is 11.8 Å². The van der Waals surface area contributed by atoms with Gasteiger partial charge in [0.05, 0.1) is 12.0 Å². The second kappa shape index (κ2) is 7.32. The van der Waals surface area contributed by atoms with Gasteiger partial charge in [-0.15, -0.1) is 0 Å². The molecule has 27 heavy (non-hydrogen) atoms. The highest BCUT2D eigenvalue weighted by molar-refractivity contribution is 5.81. The number of ether oxygens (including phenoxy) is 1. The first-order valence-electron chi connectivity index (χ1n) is 9.45. The Morgan fingerprint density at radius 1 is 1.26 bits per heavy atom. The molecule has 1 aromatic carbocycles. The Labute approximate surface area is 158 Å². The number of ketones is 1. The summed E-state index contributed by atoms with van der Waals surface area (Å²) in [5, 5.41) is 0. The van der Waals surface area contributed by atoms with Crippen LogP contribution in [-0.4, -0.2) is 60.5 Å². The number of fused-ring (bicyclic) bond motifs is 1. The van der Waals surface area contributed by atoms with Crippen LogP contribution in [0.25, 0.3) is 0 Å². The molecule has 6 heteroatoms. The second-order valence-corrected chi connectivity index (χ2v) is 7.65. The number of rotatable bonds is 0. The van der Waals surface area contributed by atoms with Gasteiger partial charge in [0.1, 0.15) is 12.4 Å². The Kier molecular flexibility index (Phi) is 4.88. The van der Waals surface area contributed by atoms with Gasteiger partial charge in [0, 0.05) is 49.6 Å². The monoisotopic (exact) mass is 370 g/mol. The van der Waals surface area contributed by atoms with Crippen molar-refractivity contribution in [1.82, 2.24) is 9.80 Å². The molecule has 5 nitrogen and oxygen atoms in total. The molecule has 3 saturated heterocycles. The summed E-state index contributed by atoms with van der Waals surface area (Å²) in [5.74, 6) is 6.30. The third kappa shape index (κ3) is 3.70. The van der Waals surface area contributed by atoms with Crippen LogP contribution in [0.4, 0.5) is 9.18 Å². The zero-order valence-electron chi connectivity index (χ0n) is 15.4. The lowest BCUT2D eigenvalue weighted by molar-refractivity contribution is -0.140. The Bertz CT molecular complexity index is 822. The fourth-order valence-electron chi connectivity index (χ4n) is 4.00. The van der Waals surface area contributed by atoms with Crippen molar-refractivity contribution in [3.05, 3.63) is 35.1 Å². The Hall–Kier alpha value is -2.39. The molecule has 4 rings (SSSR count). The number of nitrogens with zero attached hydrogens (tertiary/aromatic N) is 2. The molecule has 0 spiro atoms. The SMILES string of the molecule is Cc1c(F)cccc1C#CC1CN(C(=O)N2CC[C@@H]3OCC(=O)C[C@@H]3C2)C1. The van der Waals surface area contributed by atoms with Gasteiger partial charge in [-0.25, -0.2) is 9.18 Å². The smallest absolute Gasteiger partial charge is 0.320 e. The zero-order valence-corrected chi connectivity index (χ0v) is 15.4. The van der Waals surface area contributed by atoms with E-state index in [4.69, 9.17) is 4.74 Å². The summed E-state index contributed by atoms with van der Waals surface area (Å²) in [4.78, 5) is 27.9. The highest BCUT2D eigenvalue weighted by Crippen LogP contribution is 2.28. The van der Waals surface area contributed by atoms with Crippen molar-refractivity contribution in [2.75, 3.05) is 32.8 Å². The standard InChI is InChI=1S/C21H23FN2O3/c1-14-16(3-2-4-19(14)22)6-5-15-10-24(11-15)21(26)23-8-7-20-17(12-23)9-18(25)13-27-20/h2-4,15,17,20H,7-13H2,1H3/t17-,20+/m1/s1. The largest absolute Gasteiger partial charge is 0.370 e. The summed E-state index contributed by atoms with van der Waals surface area (Å²) in [6, 6.07) is 4.92. The molecule has 2 amide bonds. The predicted molar refractivity (Wildman–Crippen MR) is 97.5 cm³/mol. The van der Waals surface area contributed by atoms with Gasteiger partial charge in [-0.1, -0.05) is 17.9 Å². The Balaban J connectivity index is 1.31. The minimum atomic E-state index is -0.249. The van der Waals surface area contributed by atoms with Gasteiger partial charge in [0.15, 0.2) is 5.78 Å². The lowest BCUT2D eigenvalue weighted by atomic mass is 9.88. The molecular weight excluding hydrogens is 347 g/mol. The number of benzene rings is 1. The van der Waals surface area contributed by atoms with Gasteiger partial charge in [-0.05, 0) is 25.5 Å². The number of urea groups is 1. The van der Waals surface area contributed by atoms with E-state index in [0.29, 0.717) is 43.7 Å². The molecule has 0 radical (unpaired) electrons. The molecule has 3 aliphatic heterocycles. The topological polar surface area (TPSA) is 49.9 Å². The summed E-state index contributed by atoms with van der Waals surface area (Å²) in [6.45, 7) is 4.39. The third-order valence-corrected chi connectivity index (χ3v) is 5.71. The first kappa shape index (κ1) is 18.0. The highest BCUT2D eigenvalue weighted by Gasteiger charge is 2.39. The quantitative estimate of drug-likeness (QED) is 0.658. The van der Waals surface area contributed by atoms with E-state index in [2.05, 4.69) is 11.8 Å². The van der Waals surface area contributed by atoms with Crippen LogP contribution in [0.1, 0.15) is 24.0 Å². The third-order valence-electron chi connectivity index (χ3n) is 5.71. The zero-order chi connectivity index (χ0) is 19.0. The number of likely N-dealkylation sites (tertiary alicyclic amines) is 2. The van der Waals surface area contributed by atoms with E-state index >= 15 is 0 Å². The molecule has 0 bridgehead atoms. The van der Waals surface area contributed by atoms with Crippen molar-refractivity contribution in [3.8, 4) is 11.8 Å². The van der Waals surface area contributed by atoms with Crippen molar-refractivity contribution in [3.63, 3.8) is 0 Å². The number of carbonyl (C=O) groups is 2. The van der Waals surface area contributed by atoms with Crippen LogP contribution >= 0.6 is 0 Å². The molecule has 3 heterocycles. The van der Waals surface area contributed by atoms with Gasteiger partial charge in [-0.2, -0.15) is 0 Å². The van der Waals surface area contributed by atoms with Crippen LogP contribution in [0.15, 0.2) is 18.2 Å². The number of carbonyl (C=O) groups excluding carboxylic acids is 2. The van der Waals surface area contributed by atoms with E-state index in [-0.39, 0.29) is 42.2 Å². The van der Waals surface area contributed by atoms with E-state index in [1.54, 1.807) is 17.9 Å². The number of amides is 2. The van der Waals surface area contributed by atoms with Gasteiger partial charge >= 0.3 is 6.03 Å². The lowest BCUT2D eigenvalue weighted by Crippen LogP contribution is -2.58. The number of piperidine rings is 1. The highest BCUT2D eigenvalue weighted by atomic mass is 19.1. The summed E-state index contributed by atoms with van der Waals surface area (Å²) in [5.41, 5.74) is 1.26. The normalized spacial score (nSPS) is 25.3. The van der Waals surface area contributed by atoms with Gasteiger partial charge in [-0.3, -0.25) is 4.79 Å². The van der Waals surface area contributed by atoms with E-state index in [1.807, 2.05) is 11.0 Å². The summed E-state index contributed by atoms with van der Waals surface area (Å²) < 4.78 is 19.1. The average molecular weight is 370 g/mol. The molecule has 142 valence electrons. The number of Topliss-reactive ketones (excluding diaryl/α,β-unsaturated/α-hetero) is 1. The molecule has 2 atom stereocenters. The maximum absolute atomic E-state index is 13.6. The fraction of sp³-hybridized carbons (Fsp3) is 0.524. The van der Waals surface area contributed by atoms with Crippen molar-refractivity contribution in [2.24, 2.45) is 11.8 Å². The minimum absolute atomic E-state index is 0.0199. The first-order chi connectivity index (χ1) is 13.0.